The molecule has 0 saturated heterocycles. The number of H-pyrrole nitrogens is 1. The van der Waals surface area contributed by atoms with E-state index in [1.54, 1.807) is 4.90 Å². The highest BCUT2D eigenvalue weighted by atomic mass is 16.2. The Hall–Kier alpha value is -1.63. The summed E-state index contributed by atoms with van der Waals surface area (Å²) >= 11 is 0. The number of aryl methyl sites for hydroxylation is 1. The molecule has 0 aromatic carbocycles. The third-order valence-electron chi connectivity index (χ3n) is 3.41. The summed E-state index contributed by atoms with van der Waals surface area (Å²) in [5.41, 5.74) is -0.374. The molecule has 0 unspecified atom stereocenters. The van der Waals surface area contributed by atoms with Crippen LogP contribution in [-0.2, 0) is 7.05 Å². The number of amides is 1. The molecule has 1 aromatic rings. The molecule has 1 rings (SSSR count). The van der Waals surface area contributed by atoms with E-state index in [4.69, 9.17) is 0 Å². The molecule has 20 heavy (non-hydrogen) atoms. The number of carbonyl (C=O) groups excluding carboxylic acids is 1. The lowest BCUT2D eigenvalue weighted by Crippen LogP contribution is -2.43. The molecule has 0 aliphatic heterocycles. The van der Waals surface area contributed by atoms with Crippen molar-refractivity contribution in [3.8, 4) is 0 Å². The summed E-state index contributed by atoms with van der Waals surface area (Å²) in [6.45, 7) is 11.5. The van der Waals surface area contributed by atoms with Gasteiger partial charge in [0.15, 0.2) is 0 Å². The van der Waals surface area contributed by atoms with Gasteiger partial charge in [-0.2, -0.15) is 0 Å². The summed E-state index contributed by atoms with van der Waals surface area (Å²) < 4.78 is 1.14. The number of likely N-dealkylation sites (N-methyl/N-ethyl adjacent to an activating group) is 1. The van der Waals surface area contributed by atoms with Gasteiger partial charge in [0.05, 0.1) is 0 Å². The summed E-state index contributed by atoms with van der Waals surface area (Å²) in [4.78, 5) is 30.2. The Labute approximate surface area is 119 Å². The quantitative estimate of drug-likeness (QED) is 0.781. The predicted molar refractivity (Wildman–Crippen MR) is 77.8 cm³/mol. The third-order valence-corrected chi connectivity index (χ3v) is 3.41. The monoisotopic (exact) mass is 283 g/mol. The lowest BCUT2D eigenvalue weighted by Gasteiger charge is -2.28. The Balaban J connectivity index is 2.80. The lowest BCUT2D eigenvalue weighted by molar-refractivity contribution is 0.0671. The van der Waals surface area contributed by atoms with E-state index in [1.165, 1.54) is 7.05 Å². The number of carbonyl (C=O) groups is 1. The molecule has 1 heterocycles. The highest BCUT2D eigenvalue weighted by Crippen LogP contribution is 2.04. The minimum atomic E-state index is -0.374. The maximum Gasteiger partial charge on any atom is 0.343 e. The van der Waals surface area contributed by atoms with E-state index in [0.717, 1.165) is 24.3 Å². The smallest absolute Gasteiger partial charge is 0.332 e. The Morgan fingerprint density at radius 1 is 1.30 bits per heavy atom. The summed E-state index contributed by atoms with van der Waals surface area (Å²) in [5.74, 6) is -0.129. The molecule has 0 saturated carbocycles. The van der Waals surface area contributed by atoms with Gasteiger partial charge < -0.3 is 9.80 Å². The molecule has 1 N–H and O–H groups in total. The van der Waals surface area contributed by atoms with Crippen LogP contribution in [-0.4, -0.2) is 62.7 Å². The zero-order chi connectivity index (χ0) is 15.3. The van der Waals surface area contributed by atoms with Crippen molar-refractivity contribution in [1.82, 2.24) is 24.6 Å². The predicted octanol–water partition coefficient (Wildman–Crippen LogP) is 0.301. The van der Waals surface area contributed by atoms with Gasteiger partial charge in [0.1, 0.15) is 0 Å². The molecular formula is C13H25N5O2. The van der Waals surface area contributed by atoms with Gasteiger partial charge in [0, 0.05) is 26.2 Å². The summed E-state index contributed by atoms with van der Waals surface area (Å²) in [6, 6.07) is 0.0589. The van der Waals surface area contributed by atoms with Crippen molar-refractivity contribution < 1.29 is 4.79 Å². The maximum atomic E-state index is 12.4. The molecule has 0 atom stereocenters. The van der Waals surface area contributed by atoms with Gasteiger partial charge in [-0.25, -0.2) is 9.48 Å². The van der Waals surface area contributed by atoms with Crippen molar-refractivity contribution >= 4 is 5.91 Å². The van der Waals surface area contributed by atoms with Gasteiger partial charge in [-0.05, 0) is 26.9 Å². The van der Waals surface area contributed by atoms with Crippen LogP contribution in [0.1, 0.15) is 38.3 Å². The second-order valence-electron chi connectivity index (χ2n) is 5.02. The SMILES string of the molecule is CCN(CC)CCN(C(=O)c1nn(C)c(=O)[nH]1)C(C)C. The molecule has 0 spiro atoms. The molecule has 7 heteroatoms. The van der Waals surface area contributed by atoms with Crippen molar-refractivity contribution in [3.05, 3.63) is 16.3 Å². The maximum absolute atomic E-state index is 12.4. The average molecular weight is 283 g/mol. The lowest BCUT2D eigenvalue weighted by atomic mass is 10.3. The van der Waals surface area contributed by atoms with E-state index in [1.807, 2.05) is 13.8 Å². The first-order valence-corrected chi connectivity index (χ1v) is 7.07. The molecule has 0 aliphatic rings. The molecule has 114 valence electrons. The standard InChI is InChI=1S/C13H25N5O2/c1-6-17(7-2)8-9-18(10(3)4)12(19)11-14-13(20)16(5)15-11/h10H,6-9H2,1-5H3,(H,14,15,20). The first kappa shape index (κ1) is 16.4. The topological polar surface area (TPSA) is 74.2 Å². The zero-order valence-electron chi connectivity index (χ0n) is 13.0. The Bertz CT molecular complexity index is 487. The van der Waals surface area contributed by atoms with Crippen LogP contribution >= 0.6 is 0 Å². The van der Waals surface area contributed by atoms with Crippen LogP contribution in [0.5, 0.6) is 0 Å². The fourth-order valence-electron chi connectivity index (χ4n) is 2.02. The van der Waals surface area contributed by atoms with Crippen LogP contribution < -0.4 is 5.69 Å². The van der Waals surface area contributed by atoms with Gasteiger partial charge in [-0.1, -0.05) is 13.8 Å². The summed E-state index contributed by atoms with van der Waals surface area (Å²) in [6.07, 6.45) is 0. The van der Waals surface area contributed by atoms with E-state index in [2.05, 4.69) is 28.8 Å². The van der Waals surface area contributed by atoms with Crippen LogP contribution in [0, 0.1) is 0 Å². The molecule has 1 amide bonds. The minimum Gasteiger partial charge on any atom is -0.332 e. The van der Waals surface area contributed by atoms with Crippen LogP contribution in [0.25, 0.3) is 0 Å². The first-order valence-electron chi connectivity index (χ1n) is 7.07. The molecule has 7 nitrogen and oxygen atoms in total. The van der Waals surface area contributed by atoms with Crippen molar-refractivity contribution in [2.75, 3.05) is 26.2 Å². The largest absolute Gasteiger partial charge is 0.343 e. The zero-order valence-corrected chi connectivity index (χ0v) is 13.0. The average Bonchev–Trinajstić information content (AvgIpc) is 2.74. The Morgan fingerprint density at radius 2 is 1.90 bits per heavy atom. The van der Waals surface area contributed by atoms with Crippen molar-refractivity contribution in [2.45, 2.75) is 33.7 Å². The first-order chi connectivity index (χ1) is 9.40. The number of nitrogens with zero attached hydrogens (tertiary/aromatic N) is 4. The van der Waals surface area contributed by atoms with Gasteiger partial charge in [-0.3, -0.25) is 9.78 Å². The minimum absolute atomic E-state index is 0.0589. The highest BCUT2D eigenvalue weighted by Gasteiger charge is 2.22. The molecule has 1 aromatic heterocycles. The Kier molecular flexibility index (Phi) is 5.94. The number of aromatic amines is 1. The molecule has 0 fully saturated rings. The number of hydrogen-bond acceptors (Lipinski definition) is 4. The van der Waals surface area contributed by atoms with E-state index in [0.29, 0.717) is 6.54 Å². The van der Waals surface area contributed by atoms with E-state index < -0.39 is 0 Å². The second kappa shape index (κ2) is 7.23. The van der Waals surface area contributed by atoms with Crippen LogP contribution in [0.15, 0.2) is 4.79 Å². The molecule has 0 radical (unpaired) electrons. The highest BCUT2D eigenvalue weighted by molar-refractivity contribution is 5.90. The number of aromatic nitrogens is 3. The van der Waals surface area contributed by atoms with Crippen LogP contribution in [0.2, 0.25) is 0 Å². The molecule has 0 aliphatic carbocycles. The summed E-state index contributed by atoms with van der Waals surface area (Å²) in [7, 11) is 1.52. The molecule has 0 bridgehead atoms. The van der Waals surface area contributed by atoms with Gasteiger partial charge >= 0.3 is 5.69 Å². The van der Waals surface area contributed by atoms with Gasteiger partial charge in [0.2, 0.25) is 5.82 Å². The summed E-state index contributed by atoms with van der Waals surface area (Å²) in [5, 5.41) is 3.92. The fraction of sp³-hybridized carbons (Fsp3) is 0.769. The van der Waals surface area contributed by atoms with Gasteiger partial charge in [0.25, 0.3) is 5.91 Å². The van der Waals surface area contributed by atoms with Crippen LogP contribution in [0.3, 0.4) is 0 Å². The fourth-order valence-corrected chi connectivity index (χ4v) is 2.02. The third kappa shape index (κ3) is 3.93. The number of rotatable bonds is 7. The second-order valence-corrected chi connectivity index (χ2v) is 5.02. The number of hydrogen-bond donors (Lipinski definition) is 1. The van der Waals surface area contributed by atoms with Gasteiger partial charge in [-0.15, -0.1) is 5.10 Å². The van der Waals surface area contributed by atoms with Crippen molar-refractivity contribution in [2.24, 2.45) is 7.05 Å². The van der Waals surface area contributed by atoms with E-state index >= 15 is 0 Å². The molecular weight excluding hydrogens is 258 g/mol. The van der Waals surface area contributed by atoms with Crippen molar-refractivity contribution in [3.63, 3.8) is 0 Å². The van der Waals surface area contributed by atoms with E-state index in [9.17, 15) is 9.59 Å². The normalized spacial score (nSPS) is 11.3. The Morgan fingerprint density at radius 3 is 2.30 bits per heavy atom. The van der Waals surface area contributed by atoms with Crippen molar-refractivity contribution in [1.29, 1.82) is 0 Å². The van der Waals surface area contributed by atoms with E-state index in [-0.39, 0.29) is 23.5 Å². The van der Waals surface area contributed by atoms with Crippen LogP contribution in [0.4, 0.5) is 0 Å². The number of nitrogens with one attached hydrogen (secondary N) is 1.